The second kappa shape index (κ2) is 4.91. The van der Waals surface area contributed by atoms with Crippen LogP contribution in [-0.2, 0) is 4.79 Å². The molecule has 0 atom stereocenters. The van der Waals surface area contributed by atoms with E-state index < -0.39 is 0 Å². The number of hydrogen-bond donors (Lipinski definition) is 3. The van der Waals surface area contributed by atoms with Gasteiger partial charge in [0, 0.05) is 35.4 Å². The normalized spacial score (nSPS) is 10.5. The van der Waals surface area contributed by atoms with Gasteiger partial charge in [-0.25, -0.2) is 0 Å². The van der Waals surface area contributed by atoms with Gasteiger partial charge < -0.3 is 16.8 Å². The van der Waals surface area contributed by atoms with Crippen molar-refractivity contribution in [2.75, 3.05) is 17.6 Å². The van der Waals surface area contributed by atoms with Gasteiger partial charge >= 0.3 is 0 Å². The van der Waals surface area contributed by atoms with Crippen molar-refractivity contribution in [3.63, 3.8) is 0 Å². The first-order chi connectivity index (χ1) is 8.56. The Hall–Kier alpha value is -2.30. The molecule has 94 valence electrons. The summed E-state index contributed by atoms with van der Waals surface area (Å²) in [6.45, 7) is 2.43. The van der Waals surface area contributed by atoms with Crippen LogP contribution in [0.2, 0.25) is 0 Å². The van der Waals surface area contributed by atoms with E-state index in [-0.39, 0.29) is 5.91 Å². The van der Waals surface area contributed by atoms with Gasteiger partial charge in [0.25, 0.3) is 0 Å². The molecule has 0 fully saturated rings. The van der Waals surface area contributed by atoms with E-state index in [9.17, 15) is 4.79 Å². The Morgan fingerprint density at radius 2 is 2.17 bits per heavy atom. The van der Waals surface area contributed by atoms with Crippen LogP contribution < -0.4 is 16.8 Å². The second-order valence-electron chi connectivity index (χ2n) is 4.23. The first kappa shape index (κ1) is 12.2. The third-order valence-corrected chi connectivity index (χ3v) is 2.65. The molecule has 1 heterocycles. The number of nitrogens with one attached hydrogen (secondary N) is 1. The molecule has 1 aromatic heterocycles. The summed E-state index contributed by atoms with van der Waals surface area (Å²) in [5, 5.41) is 4.14. The Morgan fingerprint density at radius 1 is 1.39 bits per heavy atom. The minimum Gasteiger partial charge on any atom is -0.399 e. The highest BCUT2D eigenvalue weighted by Crippen LogP contribution is 2.25. The summed E-state index contributed by atoms with van der Waals surface area (Å²) in [4.78, 5) is 15.2. The van der Waals surface area contributed by atoms with Crippen molar-refractivity contribution in [1.82, 2.24) is 4.98 Å². The molecule has 1 aromatic carbocycles. The SMILES string of the molecule is Cc1cc(NCCC(N)=O)c2cc(N)ccc2n1. The van der Waals surface area contributed by atoms with Crippen LogP contribution in [0.25, 0.3) is 10.9 Å². The van der Waals surface area contributed by atoms with E-state index in [0.717, 1.165) is 22.3 Å². The summed E-state index contributed by atoms with van der Waals surface area (Å²) in [5.41, 5.74) is 14.3. The van der Waals surface area contributed by atoms with Crippen LogP contribution in [0.3, 0.4) is 0 Å². The molecule has 2 rings (SSSR count). The van der Waals surface area contributed by atoms with Gasteiger partial charge in [-0.05, 0) is 31.2 Å². The van der Waals surface area contributed by atoms with Crippen LogP contribution >= 0.6 is 0 Å². The fourth-order valence-electron chi connectivity index (χ4n) is 1.84. The van der Waals surface area contributed by atoms with Gasteiger partial charge in [-0.2, -0.15) is 0 Å². The number of rotatable bonds is 4. The van der Waals surface area contributed by atoms with E-state index in [4.69, 9.17) is 11.5 Å². The Labute approximate surface area is 105 Å². The number of carbonyl (C=O) groups excluding carboxylic acids is 1. The Morgan fingerprint density at radius 3 is 2.89 bits per heavy atom. The van der Waals surface area contributed by atoms with Crippen LogP contribution in [0.1, 0.15) is 12.1 Å². The number of hydrogen-bond acceptors (Lipinski definition) is 4. The molecule has 5 heteroatoms. The number of pyridine rings is 1. The van der Waals surface area contributed by atoms with Crippen LogP contribution in [0.15, 0.2) is 24.3 Å². The Balaban J connectivity index is 2.35. The lowest BCUT2D eigenvalue weighted by atomic mass is 10.1. The van der Waals surface area contributed by atoms with Crippen LogP contribution in [0, 0.1) is 6.92 Å². The molecule has 0 aliphatic heterocycles. The van der Waals surface area contributed by atoms with Crippen molar-refractivity contribution in [1.29, 1.82) is 0 Å². The number of carbonyl (C=O) groups is 1. The van der Waals surface area contributed by atoms with Crippen molar-refractivity contribution >= 4 is 28.2 Å². The Bertz CT molecular complexity index is 595. The van der Waals surface area contributed by atoms with Crippen molar-refractivity contribution in [2.24, 2.45) is 5.73 Å². The monoisotopic (exact) mass is 244 g/mol. The van der Waals surface area contributed by atoms with E-state index in [1.165, 1.54) is 0 Å². The fraction of sp³-hybridized carbons (Fsp3) is 0.231. The molecular formula is C13H16N4O. The fourth-order valence-corrected chi connectivity index (χ4v) is 1.84. The largest absolute Gasteiger partial charge is 0.399 e. The van der Waals surface area contributed by atoms with Crippen molar-refractivity contribution in [3.8, 4) is 0 Å². The summed E-state index contributed by atoms with van der Waals surface area (Å²) >= 11 is 0. The average Bonchev–Trinajstić information content (AvgIpc) is 2.29. The number of nitrogens with zero attached hydrogens (tertiary/aromatic N) is 1. The zero-order valence-corrected chi connectivity index (χ0v) is 10.2. The minimum atomic E-state index is -0.322. The predicted octanol–water partition coefficient (Wildman–Crippen LogP) is 1.41. The van der Waals surface area contributed by atoms with Gasteiger partial charge in [-0.3, -0.25) is 9.78 Å². The molecule has 0 radical (unpaired) electrons. The maximum absolute atomic E-state index is 10.7. The van der Waals surface area contributed by atoms with Crippen molar-refractivity contribution in [3.05, 3.63) is 30.0 Å². The first-order valence-corrected chi connectivity index (χ1v) is 5.75. The van der Waals surface area contributed by atoms with Crippen LogP contribution in [0.4, 0.5) is 11.4 Å². The first-order valence-electron chi connectivity index (χ1n) is 5.75. The number of primary amides is 1. The zero-order valence-electron chi connectivity index (χ0n) is 10.2. The van der Waals surface area contributed by atoms with E-state index in [1.54, 1.807) is 0 Å². The maximum atomic E-state index is 10.7. The summed E-state index contributed by atoms with van der Waals surface area (Å²) in [6, 6.07) is 7.51. The number of fused-ring (bicyclic) bond motifs is 1. The lowest BCUT2D eigenvalue weighted by molar-refractivity contribution is -0.117. The molecule has 0 unspecified atom stereocenters. The van der Waals surface area contributed by atoms with E-state index in [0.29, 0.717) is 18.7 Å². The molecule has 0 spiro atoms. The standard InChI is InChI=1S/C13H16N4O/c1-8-6-12(16-5-4-13(15)18)10-7-9(14)2-3-11(10)17-8/h2-3,6-7H,4-5,14H2,1H3,(H2,15,18)(H,16,17). The molecule has 18 heavy (non-hydrogen) atoms. The van der Waals surface area contributed by atoms with Crippen LogP contribution in [-0.4, -0.2) is 17.4 Å². The molecule has 2 aromatic rings. The molecule has 1 amide bonds. The topological polar surface area (TPSA) is 94.0 Å². The third kappa shape index (κ3) is 2.68. The van der Waals surface area contributed by atoms with E-state index in [1.807, 2.05) is 31.2 Å². The number of aromatic nitrogens is 1. The van der Waals surface area contributed by atoms with Gasteiger partial charge in [0.15, 0.2) is 0 Å². The zero-order chi connectivity index (χ0) is 13.1. The third-order valence-electron chi connectivity index (χ3n) is 2.65. The molecule has 0 aliphatic rings. The van der Waals surface area contributed by atoms with E-state index in [2.05, 4.69) is 10.3 Å². The molecular weight excluding hydrogens is 228 g/mol. The van der Waals surface area contributed by atoms with Crippen LogP contribution in [0.5, 0.6) is 0 Å². The Kier molecular flexibility index (Phi) is 3.32. The van der Waals surface area contributed by atoms with Gasteiger partial charge in [0.1, 0.15) is 0 Å². The molecule has 5 nitrogen and oxygen atoms in total. The lowest BCUT2D eigenvalue weighted by Gasteiger charge is -2.10. The predicted molar refractivity (Wildman–Crippen MR) is 73.2 cm³/mol. The number of aryl methyl sites for hydroxylation is 1. The molecule has 0 saturated heterocycles. The summed E-state index contributed by atoms with van der Waals surface area (Å²) in [6.07, 6.45) is 0.297. The highest BCUT2D eigenvalue weighted by Gasteiger charge is 2.04. The van der Waals surface area contributed by atoms with Gasteiger partial charge in [0.2, 0.25) is 5.91 Å². The smallest absolute Gasteiger partial charge is 0.219 e. The number of anilines is 2. The van der Waals surface area contributed by atoms with Gasteiger partial charge in [0.05, 0.1) is 5.52 Å². The van der Waals surface area contributed by atoms with Crippen molar-refractivity contribution in [2.45, 2.75) is 13.3 Å². The quantitative estimate of drug-likeness (QED) is 0.709. The second-order valence-corrected chi connectivity index (χ2v) is 4.23. The lowest BCUT2D eigenvalue weighted by Crippen LogP contribution is -2.16. The highest BCUT2D eigenvalue weighted by molar-refractivity contribution is 5.93. The molecule has 5 N–H and O–H groups in total. The minimum absolute atomic E-state index is 0.297. The van der Waals surface area contributed by atoms with E-state index >= 15 is 0 Å². The summed E-state index contributed by atoms with van der Waals surface area (Å²) in [7, 11) is 0. The summed E-state index contributed by atoms with van der Waals surface area (Å²) < 4.78 is 0. The average molecular weight is 244 g/mol. The van der Waals surface area contributed by atoms with Gasteiger partial charge in [-0.1, -0.05) is 0 Å². The number of nitrogen functional groups attached to an aromatic ring is 1. The maximum Gasteiger partial charge on any atom is 0.219 e. The van der Waals surface area contributed by atoms with Crippen molar-refractivity contribution < 1.29 is 4.79 Å². The highest BCUT2D eigenvalue weighted by atomic mass is 16.1. The molecule has 0 saturated carbocycles. The molecule has 0 aliphatic carbocycles. The number of amides is 1. The number of nitrogens with two attached hydrogens (primary N) is 2. The summed E-state index contributed by atoms with van der Waals surface area (Å²) in [5.74, 6) is -0.322. The number of benzene rings is 1. The van der Waals surface area contributed by atoms with Gasteiger partial charge in [-0.15, -0.1) is 0 Å². The molecule has 0 bridgehead atoms.